The van der Waals surface area contributed by atoms with Gasteiger partial charge < -0.3 is 4.74 Å². The van der Waals surface area contributed by atoms with Gasteiger partial charge in [-0.05, 0) is 51.3 Å². The quantitative estimate of drug-likeness (QED) is 0.467. The van der Waals surface area contributed by atoms with Crippen LogP contribution in [0.2, 0.25) is 0 Å². The average Bonchev–Trinajstić information content (AvgIpc) is 2.99. The lowest BCUT2D eigenvalue weighted by molar-refractivity contribution is -0.124. The number of hydrogen-bond acceptors (Lipinski definition) is 5. The van der Waals surface area contributed by atoms with E-state index in [9.17, 15) is 9.59 Å². The molecule has 2 amide bonds. The molecule has 0 aromatic heterocycles. The van der Waals surface area contributed by atoms with Crippen LogP contribution in [0.3, 0.4) is 0 Å². The van der Waals surface area contributed by atoms with Crippen molar-refractivity contribution >= 4 is 45.9 Å². The minimum absolute atomic E-state index is 0.238. The average molecular weight is 455 g/mol. The van der Waals surface area contributed by atoms with Crippen molar-refractivity contribution in [1.82, 2.24) is 10.2 Å². The van der Waals surface area contributed by atoms with Crippen LogP contribution in [-0.2, 0) is 9.53 Å². The first kappa shape index (κ1) is 23.0. The number of hydrogen-bond donors (Lipinski definition) is 1. The van der Waals surface area contributed by atoms with E-state index >= 15 is 0 Å². The molecule has 1 N–H and O–H groups in total. The Morgan fingerprint density at radius 3 is 2.29 bits per heavy atom. The van der Waals surface area contributed by atoms with E-state index in [1.807, 2.05) is 68.4 Å². The van der Waals surface area contributed by atoms with Crippen molar-refractivity contribution < 1.29 is 14.3 Å². The molecule has 7 heteroatoms. The zero-order valence-corrected chi connectivity index (χ0v) is 19.9. The largest absolute Gasteiger partial charge is 0.444 e. The predicted octanol–water partition coefficient (Wildman–Crippen LogP) is 5.81. The van der Waals surface area contributed by atoms with Gasteiger partial charge in [0.25, 0.3) is 5.91 Å². The number of thioether (sulfide) groups is 1. The van der Waals surface area contributed by atoms with E-state index in [2.05, 4.69) is 5.32 Å². The number of rotatable bonds is 4. The van der Waals surface area contributed by atoms with Crippen LogP contribution in [0.4, 0.5) is 4.79 Å². The zero-order chi connectivity index (χ0) is 22.8. The minimum atomic E-state index is -0.771. The molecule has 0 radical (unpaired) electrons. The van der Waals surface area contributed by atoms with Crippen molar-refractivity contribution in [2.45, 2.75) is 46.4 Å². The van der Waals surface area contributed by atoms with Gasteiger partial charge in [0.05, 0.1) is 4.91 Å². The van der Waals surface area contributed by atoms with Gasteiger partial charge >= 0.3 is 6.09 Å². The molecule has 1 aliphatic heterocycles. The first-order valence-corrected chi connectivity index (χ1v) is 11.2. The summed E-state index contributed by atoms with van der Waals surface area (Å²) >= 11 is 6.81. The third kappa shape index (κ3) is 5.54. The fraction of sp³-hybridized carbons (Fsp3) is 0.292. The second kappa shape index (κ2) is 9.24. The number of aryl methyl sites for hydroxylation is 1. The fourth-order valence-corrected chi connectivity index (χ4v) is 4.47. The number of benzene rings is 2. The van der Waals surface area contributed by atoms with Crippen LogP contribution in [0.1, 0.15) is 50.6 Å². The molecule has 0 aliphatic carbocycles. The second-order valence-corrected chi connectivity index (χ2v) is 9.97. The molecule has 1 saturated heterocycles. The molecule has 5 nitrogen and oxygen atoms in total. The van der Waals surface area contributed by atoms with Crippen molar-refractivity contribution in [2.75, 3.05) is 0 Å². The molecule has 0 bridgehead atoms. The summed E-state index contributed by atoms with van der Waals surface area (Å²) in [6.07, 6.45) is -1.39. The van der Waals surface area contributed by atoms with Gasteiger partial charge in [0.15, 0.2) is 0 Å². The lowest BCUT2D eigenvalue weighted by Crippen LogP contribution is -2.45. The molecule has 162 valence electrons. The standard InChI is InChI=1S/C24H26N2O3S2/c1-15-11-13-17(14-12-15)16(2)19-21(27)26(23(30)31-19)20(18-9-7-6-8-10-18)25-22(28)29-24(3,4)5/h6-14,20H,1-5H3,(H,25,28)/b19-16-. The van der Waals surface area contributed by atoms with E-state index in [1.165, 1.54) is 16.7 Å². The molecule has 2 aromatic carbocycles. The van der Waals surface area contributed by atoms with Crippen molar-refractivity contribution in [3.8, 4) is 0 Å². The number of nitrogens with zero attached hydrogens (tertiary/aromatic N) is 1. The van der Waals surface area contributed by atoms with Gasteiger partial charge in [-0.1, -0.05) is 84.1 Å². The summed E-state index contributed by atoms with van der Waals surface area (Å²) in [6, 6.07) is 17.3. The van der Waals surface area contributed by atoms with Crippen LogP contribution in [0.15, 0.2) is 59.5 Å². The lowest BCUT2D eigenvalue weighted by atomic mass is 10.0. The maximum absolute atomic E-state index is 13.4. The Bertz CT molecular complexity index is 1030. The molecule has 0 saturated carbocycles. The lowest BCUT2D eigenvalue weighted by Gasteiger charge is -2.29. The molecule has 1 heterocycles. The van der Waals surface area contributed by atoms with Crippen LogP contribution >= 0.6 is 24.0 Å². The van der Waals surface area contributed by atoms with E-state index in [0.29, 0.717) is 9.23 Å². The van der Waals surface area contributed by atoms with Crippen LogP contribution in [0, 0.1) is 6.92 Å². The fourth-order valence-electron chi connectivity index (χ4n) is 3.12. The second-order valence-electron chi connectivity index (χ2n) is 8.32. The normalized spacial score (nSPS) is 16.9. The highest BCUT2D eigenvalue weighted by Crippen LogP contribution is 2.40. The molecular weight excluding hydrogens is 428 g/mol. The number of allylic oxidation sites excluding steroid dienone is 1. The Kier molecular flexibility index (Phi) is 6.86. The number of carbonyl (C=O) groups excluding carboxylic acids is 2. The number of carbonyl (C=O) groups is 2. The SMILES string of the molecule is C/C(=C1/SC(=S)N(C(NC(=O)OC(C)(C)C)c2ccccc2)C1=O)c1ccc(C)cc1. The summed E-state index contributed by atoms with van der Waals surface area (Å²) in [5.41, 5.74) is 3.03. The van der Waals surface area contributed by atoms with E-state index in [0.717, 1.165) is 22.3 Å². The monoisotopic (exact) mass is 454 g/mol. The van der Waals surface area contributed by atoms with Crippen molar-refractivity contribution in [1.29, 1.82) is 0 Å². The van der Waals surface area contributed by atoms with Crippen LogP contribution in [0.5, 0.6) is 0 Å². The first-order chi connectivity index (χ1) is 14.6. The Labute approximate surface area is 192 Å². The van der Waals surface area contributed by atoms with Gasteiger partial charge in [-0.15, -0.1) is 0 Å². The van der Waals surface area contributed by atoms with Gasteiger partial charge in [0.2, 0.25) is 0 Å². The summed E-state index contributed by atoms with van der Waals surface area (Å²) in [7, 11) is 0. The highest BCUT2D eigenvalue weighted by atomic mass is 32.2. The number of thiocarbonyl (C=S) groups is 1. The van der Waals surface area contributed by atoms with E-state index in [-0.39, 0.29) is 5.91 Å². The summed E-state index contributed by atoms with van der Waals surface area (Å²) in [5.74, 6) is -0.238. The van der Waals surface area contributed by atoms with Crippen LogP contribution < -0.4 is 5.32 Å². The highest BCUT2D eigenvalue weighted by Gasteiger charge is 2.40. The van der Waals surface area contributed by atoms with Crippen LogP contribution in [0.25, 0.3) is 5.57 Å². The summed E-state index contributed by atoms with van der Waals surface area (Å²) in [4.78, 5) is 28.0. The number of nitrogens with one attached hydrogen (secondary N) is 1. The summed E-state index contributed by atoms with van der Waals surface area (Å²) in [5, 5.41) is 2.82. The molecule has 2 aromatic rings. The number of alkyl carbamates (subject to hydrolysis) is 1. The summed E-state index contributed by atoms with van der Waals surface area (Å²) in [6.45, 7) is 9.30. The molecular formula is C24H26N2O3S2. The van der Waals surface area contributed by atoms with Crippen molar-refractivity contribution in [2.24, 2.45) is 0 Å². The minimum Gasteiger partial charge on any atom is -0.444 e. The van der Waals surface area contributed by atoms with E-state index < -0.39 is 17.9 Å². The zero-order valence-electron chi connectivity index (χ0n) is 18.3. The predicted molar refractivity (Wildman–Crippen MR) is 129 cm³/mol. The van der Waals surface area contributed by atoms with Crippen LogP contribution in [-0.4, -0.2) is 26.8 Å². The Balaban J connectivity index is 1.96. The topological polar surface area (TPSA) is 58.6 Å². The van der Waals surface area contributed by atoms with Crippen molar-refractivity contribution in [3.05, 3.63) is 76.2 Å². The van der Waals surface area contributed by atoms with Gasteiger partial charge in [-0.25, -0.2) is 4.79 Å². The van der Waals surface area contributed by atoms with Gasteiger partial charge in [0, 0.05) is 0 Å². The number of amides is 2. The first-order valence-electron chi connectivity index (χ1n) is 9.94. The number of ether oxygens (including phenoxy) is 1. The van der Waals surface area contributed by atoms with Gasteiger partial charge in [-0.2, -0.15) is 0 Å². The maximum Gasteiger partial charge on any atom is 0.409 e. The smallest absolute Gasteiger partial charge is 0.409 e. The summed E-state index contributed by atoms with van der Waals surface area (Å²) < 4.78 is 5.81. The Hall–Kier alpha value is -2.64. The molecule has 1 atom stereocenters. The third-order valence-corrected chi connectivity index (χ3v) is 6.15. The molecule has 31 heavy (non-hydrogen) atoms. The molecule has 1 aliphatic rings. The molecule has 1 unspecified atom stereocenters. The molecule has 1 fully saturated rings. The van der Waals surface area contributed by atoms with E-state index in [1.54, 1.807) is 20.8 Å². The maximum atomic E-state index is 13.4. The van der Waals surface area contributed by atoms with E-state index in [4.69, 9.17) is 17.0 Å². The Morgan fingerprint density at radius 2 is 1.71 bits per heavy atom. The molecule has 0 spiro atoms. The third-order valence-electron chi connectivity index (χ3n) is 4.65. The van der Waals surface area contributed by atoms with Gasteiger partial charge in [-0.3, -0.25) is 15.0 Å². The van der Waals surface area contributed by atoms with Crippen molar-refractivity contribution in [3.63, 3.8) is 0 Å². The highest BCUT2D eigenvalue weighted by molar-refractivity contribution is 8.26. The molecule has 3 rings (SSSR count). The Morgan fingerprint density at radius 1 is 1.10 bits per heavy atom. The van der Waals surface area contributed by atoms with Gasteiger partial charge in [0.1, 0.15) is 16.1 Å².